The zero-order chi connectivity index (χ0) is 7.33. The van der Waals surface area contributed by atoms with Crippen molar-refractivity contribution in [2.24, 2.45) is 0 Å². The Morgan fingerprint density at radius 2 is 2.10 bits per heavy atom. The van der Waals surface area contributed by atoms with E-state index >= 15 is 0 Å². The van der Waals surface area contributed by atoms with Crippen molar-refractivity contribution >= 4 is 10.1 Å². The van der Waals surface area contributed by atoms with Gasteiger partial charge in [0.2, 0.25) is 0 Å². The Hall–Kier alpha value is 0.650. The Kier molecular flexibility index (Phi) is 8.44. The number of hydrogen-bond acceptors (Lipinski definition) is 2. The Labute approximate surface area is 85.0 Å². The van der Waals surface area contributed by atoms with E-state index in [0.29, 0.717) is 12.8 Å². The topological polar surface area (TPSA) is 54.4 Å². The minimum Gasteiger partial charge on any atom is -1.00 e. The summed E-state index contributed by atoms with van der Waals surface area (Å²) >= 11 is 0. The molecule has 0 spiro atoms. The molecule has 0 aromatic carbocycles. The molecular formula is C5H11NaO3S. The Morgan fingerprint density at radius 3 is 2.40 bits per heavy atom. The van der Waals surface area contributed by atoms with Gasteiger partial charge in [-0.1, -0.05) is 6.08 Å². The fourth-order valence-corrected chi connectivity index (χ4v) is 0.942. The first-order chi connectivity index (χ1) is 4.06. The van der Waals surface area contributed by atoms with E-state index in [-0.39, 0.29) is 36.7 Å². The average Bonchev–Trinajstić information content (AvgIpc) is 1.63. The summed E-state index contributed by atoms with van der Waals surface area (Å²) in [6, 6.07) is 0. The molecule has 10 heavy (non-hydrogen) atoms. The summed E-state index contributed by atoms with van der Waals surface area (Å²) in [6.45, 7) is 3.40. The molecule has 0 saturated heterocycles. The van der Waals surface area contributed by atoms with E-state index in [1.54, 1.807) is 6.08 Å². The summed E-state index contributed by atoms with van der Waals surface area (Å²) in [6.07, 6.45) is 2.69. The maximum absolute atomic E-state index is 10.0. The van der Waals surface area contributed by atoms with E-state index in [1.807, 2.05) is 0 Å². The quantitative estimate of drug-likeness (QED) is 0.231. The monoisotopic (exact) mass is 174 g/mol. The Morgan fingerprint density at radius 1 is 1.60 bits per heavy atom. The Bertz CT molecular complexity index is 178. The van der Waals surface area contributed by atoms with Crippen molar-refractivity contribution in [1.29, 1.82) is 0 Å². The van der Waals surface area contributed by atoms with Crippen molar-refractivity contribution in [1.82, 2.24) is 0 Å². The molecule has 0 radical (unpaired) electrons. The third-order valence-corrected chi connectivity index (χ3v) is 1.62. The molecular weight excluding hydrogens is 163 g/mol. The van der Waals surface area contributed by atoms with Crippen molar-refractivity contribution in [3.05, 3.63) is 12.7 Å². The molecule has 0 bridgehead atoms. The third-order valence-electron chi connectivity index (χ3n) is 0.811. The number of rotatable bonds is 4. The first-order valence-corrected chi connectivity index (χ1v) is 4.23. The van der Waals surface area contributed by atoms with Gasteiger partial charge in [0.15, 0.2) is 0 Å². The molecule has 0 saturated carbocycles. The molecule has 0 fully saturated rings. The molecule has 0 heterocycles. The molecule has 1 N–H and O–H groups in total. The standard InChI is InChI=1S/C5H10O3S.Na.H/c1-2-3-4-5-9(6,7)8;;/h2H,1,3-5H2,(H,6,7,8);;/q;+1;-1. The van der Waals surface area contributed by atoms with Crippen LogP contribution in [0.5, 0.6) is 0 Å². The molecule has 5 heteroatoms. The second kappa shape index (κ2) is 6.37. The van der Waals surface area contributed by atoms with Gasteiger partial charge in [-0.2, -0.15) is 8.42 Å². The van der Waals surface area contributed by atoms with E-state index in [9.17, 15) is 8.42 Å². The molecule has 56 valence electrons. The smallest absolute Gasteiger partial charge is 1.00 e. The van der Waals surface area contributed by atoms with Crippen LogP contribution in [-0.4, -0.2) is 18.7 Å². The number of allylic oxidation sites excluding steroid dienone is 1. The normalized spacial score (nSPS) is 10.1. The molecule has 0 aliphatic rings. The first-order valence-electron chi connectivity index (χ1n) is 2.62. The zero-order valence-corrected chi connectivity index (χ0v) is 8.89. The predicted molar refractivity (Wildman–Crippen MR) is 37.0 cm³/mol. The van der Waals surface area contributed by atoms with Gasteiger partial charge in [-0.15, -0.1) is 6.58 Å². The predicted octanol–water partition coefficient (Wildman–Crippen LogP) is -2.04. The van der Waals surface area contributed by atoms with E-state index in [0.717, 1.165) is 0 Å². The summed E-state index contributed by atoms with van der Waals surface area (Å²) < 4.78 is 28.2. The second-order valence-corrected chi connectivity index (χ2v) is 3.29. The van der Waals surface area contributed by atoms with Crippen LogP contribution in [0.4, 0.5) is 0 Å². The van der Waals surface area contributed by atoms with Crippen molar-refractivity contribution < 1.29 is 44.0 Å². The van der Waals surface area contributed by atoms with Gasteiger partial charge in [0.25, 0.3) is 10.1 Å². The first kappa shape index (κ1) is 13.3. The van der Waals surface area contributed by atoms with Crippen molar-refractivity contribution in [3.8, 4) is 0 Å². The fraction of sp³-hybridized carbons (Fsp3) is 0.600. The van der Waals surface area contributed by atoms with Crippen LogP contribution in [0, 0.1) is 0 Å². The maximum Gasteiger partial charge on any atom is 1.00 e. The van der Waals surface area contributed by atoms with Gasteiger partial charge in [-0.25, -0.2) is 0 Å². The van der Waals surface area contributed by atoms with Crippen molar-refractivity contribution in [3.63, 3.8) is 0 Å². The van der Waals surface area contributed by atoms with Crippen molar-refractivity contribution in [2.75, 3.05) is 5.75 Å². The van der Waals surface area contributed by atoms with Gasteiger partial charge in [0, 0.05) is 0 Å². The largest absolute Gasteiger partial charge is 1.00 e. The van der Waals surface area contributed by atoms with E-state index in [2.05, 4.69) is 6.58 Å². The second-order valence-electron chi connectivity index (χ2n) is 1.72. The summed E-state index contributed by atoms with van der Waals surface area (Å²) in [7, 11) is -3.74. The summed E-state index contributed by atoms with van der Waals surface area (Å²) in [5.41, 5.74) is 0. The minimum atomic E-state index is -3.74. The van der Waals surface area contributed by atoms with Crippen LogP contribution >= 0.6 is 0 Å². The van der Waals surface area contributed by atoms with Crippen molar-refractivity contribution in [2.45, 2.75) is 12.8 Å². The summed E-state index contributed by atoms with van der Waals surface area (Å²) in [5.74, 6) is -0.168. The SMILES string of the molecule is C=CCCCS(=O)(=O)O.[H-].[Na+]. The van der Waals surface area contributed by atoms with Crippen LogP contribution in [0.1, 0.15) is 14.3 Å². The minimum absolute atomic E-state index is 0. The van der Waals surface area contributed by atoms with Gasteiger partial charge in [-0.05, 0) is 12.8 Å². The molecule has 0 amide bonds. The van der Waals surface area contributed by atoms with Gasteiger partial charge in [-0.3, -0.25) is 4.55 Å². The Balaban J connectivity index is -0.000000320. The molecule has 0 aromatic heterocycles. The van der Waals surface area contributed by atoms with Gasteiger partial charge < -0.3 is 1.43 Å². The van der Waals surface area contributed by atoms with Crippen LogP contribution < -0.4 is 29.6 Å². The molecule has 0 unspecified atom stereocenters. The molecule has 0 rings (SSSR count). The number of hydrogen-bond donors (Lipinski definition) is 1. The zero-order valence-electron chi connectivity index (χ0n) is 7.08. The van der Waals surface area contributed by atoms with Crippen LogP contribution in [-0.2, 0) is 10.1 Å². The van der Waals surface area contributed by atoms with Gasteiger partial charge >= 0.3 is 29.6 Å². The maximum atomic E-state index is 10.0. The summed E-state index contributed by atoms with van der Waals surface area (Å²) in [5, 5.41) is 0. The van der Waals surface area contributed by atoms with Gasteiger partial charge in [0.05, 0.1) is 5.75 Å². The third kappa shape index (κ3) is 11.4. The van der Waals surface area contributed by atoms with Crippen LogP contribution in [0.3, 0.4) is 0 Å². The van der Waals surface area contributed by atoms with E-state index in [1.165, 1.54) is 0 Å². The summed E-state index contributed by atoms with van der Waals surface area (Å²) in [4.78, 5) is 0. The molecule has 0 aliphatic carbocycles. The number of unbranched alkanes of at least 4 members (excludes halogenated alkanes) is 1. The van der Waals surface area contributed by atoms with E-state index in [4.69, 9.17) is 4.55 Å². The molecule has 0 aromatic rings. The molecule has 0 aliphatic heterocycles. The molecule has 3 nitrogen and oxygen atoms in total. The van der Waals surface area contributed by atoms with E-state index < -0.39 is 10.1 Å². The van der Waals surface area contributed by atoms with Crippen LogP contribution in [0.25, 0.3) is 0 Å². The molecule has 0 atom stereocenters. The van der Waals surface area contributed by atoms with Crippen LogP contribution in [0.2, 0.25) is 0 Å². The van der Waals surface area contributed by atoms with Gasteiger partial charge in [0.1, 0.15) is 0 Å². The average molecular weight is 174 g/mol. The van der Waals surface area contributed by atoms with Crippen LogP contribution in [0.15, 0.2) is 12.7 Å². The fourth-order valence-electron chi connectivity index (χ4n) is 0.410.